The molecule has 0 aromatic carbocycles. The molecule has 0 fully saturated rings. The lowest BCUT2D eigenvalue weighted by Crippen LogP contribution is -2.26. The van der Waals surface area contributed by atoms with Gasteiger partial charge in [0.25, 0.3) is 0 Å². The van der Waals surface area contributed by atoms with Crippen molar-refractivity contribution < 1.29 is 14.2 Å². The Morgan fingerprint density at radius 2 is 1.79 bits per heavy atom. The summed E-state index contributed by atoms with van der Waals surface area (Å²) >= 11 is 0. The maximum absolute atomic E-state index is 5.56. The highest BCUT2D eigenvalue weighted by Gasteiger charge is 2.08. The summed E-state index contributed by atoms with van der Waals surface area (Å²) in [5, 5.41) is 0. The first kappa shape index (κ1) is 13.9. The van der Waals surface area contributed by atoms with Gasteiger partial charge in [0.15, 0.2) is 0 Å². The number of hydrogen-bond acceptors (Lipinski definition) is 3. The van der Waals surface area contributed by atoms with E-state index in [2.05, 4.69) is 20.8 Å². The summed E-state index contributed by atoms with van der Waals surface area (Å²) in [6.07, 6.45) is 1.11. The molecule has 0 N–H and O–H groups in total. The van der Waals surface area contributed by atoms with E-state index in [0.717, 1.165) is 19.6 Å². The van der Waals surface area contributed by atoms with Crippen molar-refractivity contribution in [1.82, 2.24) is 0 Å². The molecule has 3 nitrogen and oxygen atoms in total. The van der Waals surface area contributed by atoms with Gasteiger partial charge in [-0.1, -0.05) is 20.8 Å². The van der Waals surface area contributed by atoms with Crippen LogP contribution in [0.5, 0.6) is 0 Å². The fourth-order valence-electron chi connectivity index (χ4n) is 1.05. The summed E-state index contributed by atoms with van der Waals surface area (Å²) in [7, 11) is 1.69. The second kappa shape index (κ2) is 9.44. The van der Waals surface area contributed by atoms with Gasteiger partial charge in [-0.05, 0) is 12.3 Å². The lowest BCUT2D eigenvalue weighted by Gasteiger charge is -2.17. The van der Waals surface area contributed by atoms with Crippen LogP contribution in [-0.2, 0) is 14.2 Å². The molecular weight excluding hydrogens is 180 g/mol. The molecule has 0 saturated carbocycles. The van der Waals surface area contributed by atoms with E-state index in [1.807, 2.05) is 0 Å². The van der Waals surface area contributed by atoms with Crippen LogP contribution in [0.25, 0.3) is 0 Å². The van der Waals surface area contributed by atoms with Gasteiger partial charge in [0.1, 0.15) is 6.10 Å². The van der Waals surface area contributed by atoms with E-state index in [0.29, 0.717) is 19.1 Å². The number of methoxy groups -OCH3 is 1. The van der Waals surface area contributed by atoms with Gasteiger partial charge in [-0.2, -0.15) is 0 Å². The highest BCUT2D eigenvalue weighted by molar-refractivity contribution is 4.55. The molecule has 0 aromatic heterocycles. The Bertz CT molecular complexity index is 115. The summed E-state index contributed by atoms with van der Waals surface area (Å²) in [4.78, 5) is 0. The van der Waals surface area contributed by atoms with Crippen molar-refractivity contribution in [2.24, 2.45) is 5.92 Å². The van der Waals surface area contributed by atoms with Gasteiger partial charge in [-0.15, -0.1) is 0 Å². The maximum atomic E-state index is 5.56. The van der Waals surface area contributed by atoms with Crippen LogP contribution in [0.1, 0.15) is 27.2 Å². The minimum absolute atomic E-state index is 0.0821. The first-order valence-corrected chi connectivity index (χ1v) is 5.39. The van der Waals surface area contributed by atoms with Gasteiger partial charge in [-0.3, -0.25) is 0 Å². The minimum atomic E-state index is 0.0821. The average molecular weight is 204 g/mol. The second-order valence-corrected chi connectivity index (χ2v) is 3.88. The molecule has 14 heavy (non-hydrogen) atoms. The topological polar surface area (TPSA) is 27.7 Å². The molecule has 0 bridgehead atoms. The lowest BCUT2D eigenvalue weighted by molar-refractivity contribution is -0.0547. The van der Waals surface area contributed by atoms with Gasteiger partial charge in [0, 0.05) is 20.3 Å². The molecule has 0 aliphatic carbocycles. The highest BCUT2D eigenvalue weighted by Crippen LogP contribution is 1.99. The molecule has 0 aliphatic heterocycles. The van der Waals surface area contributed by atoms with E-state index in [9.17, 15) is 0 Å². The van der Waals surface area contributed by atoms with Crippen molar-refractivity contribution in [2.45, 2.75) is 33.3 Å². The smallest absolute Gasteiger partial charge is 0.104 e. The van der Waals surface area contributed by atoms with Gasteiger partial charge in [0.05, 0.1) is 13.2 Å². The third kappa shape index (κ3) is 8.48. The number of rotatable bonds is 9. The molecule has 1 unspecified atom stereocenters. The zero-order valence-corrected chi connectivity index (χ0v) is 9.91. The van der Waals surface area contributed by atoms with Crippen LogP contribution in [0.15, 0.2) is 0 Å². The third-order valence-corrected chi connectivity index (χ3v) is 1.67. The van der Waals surface area contributed by atoms with E-state index in [1.165, 1.54) is 0 Å². The van der Waals surface area contributed by atoms with E-state index < -0.39 is 0 Å². The van der Waals surface area contributed by atoms with Crippen LogP contribution in [0.2, 0.25) is 0 Å². The molecule has 3 heteroatoms. The van der Waals surface area contributed by atoms with Crippen molar-refractivity contribution in [3.63, 3.8) is 0 Å². The number of hydrogen-bond donors (Lipinski definition) is 0. The minimum Gasteiger partial charge on any atom is -0.382 e. The first-order valence-electron chi connectivity index (χ1n) is 5.39. The van der Waals surface area contributed by atoms with Gasteiger partial charge < -0.3 is 14.2 Å². The number of ether oxygens (including phenoxy) is 3. The van der Waals surface area contributed by atoms with Crippen molar-refractivity contribution in [1.29, 1.82) is 0 Å². The molecule has 0 aromatic rings. The van der Waals surface area contributed by atoms with Crippen molar-refractivity contribution >= 4 is 0 Å². The van der Waals surface area contributed by atoms with Crippen molar-refractivity contribution in [3.8, 4) is 0 Å². The average Bonchev–Trinajstić information content (AvgIpc) is 2.13. The summed E-state index contributed by atoms with van der Waals surface area (Å²) in [6, 6.07) is 0. The predicted octanol–water partition coefficient (Wildman–Crippen LogP) is 2.10. The molecule has 0 rings (SSSR count). The van der Waals surface area contributed by atoms with Gasteiger partial charge in [0.2, 0.25) is 0 Å². The molecule has 0 spiro atoms. The van der Waals surface area contributed by atoms with E-state index >= 15 is 0 Å². The van der Waals surface area contributed by atoms with E-state index in [-0.39, 0.29) is 6.10 Å². The van der Waals surface area contributed by atoms with Crippen LogP contribution in [0.4, 0.5) is 0 Å². The summed E-state index contributed by atoms with van der Waals surface area (Å²) in [5.74, 6) is 0.573. The second-order valence-electron chi connectivity index (χ2n) is 3.88. The molecule has 0 saturated heterocycles. The largest absolute Gasteiger partial charge is 0.382 e. The van der Waals surface area contributed by atoms with Crippen molar-refractivity contribution in [2.75, 3.05) is 33.5 Å². The molecule has 0 heterocycles. The van der Waals surface area contributed by atoms with Crippen LogP contribution in [0, 0.1) is 5.92 Å². The first-order chi connectivity index (χ1) is 6.70. The molecular formula is C11H24O3. The predicted molar refractivity (Wildman–Crippen MR) is 57.6 cm³/mol. The summed E-state index contributed by atoms with van der Waals surface area (Å²) in [5.41, 5.74) is 0. The fourth-order valence-corrected chi connectivity index (χ4v) is 1.05. The Labute approximate surface area is 87.7 Å². The quantitative estimate of drug-likeness (QED) is 0.575. The zero-order chi connectivity index (χ0) is 10.8. The van der Waals surface area contributed by atoms with Crippen molar-refractivity contribution in [3.05, 3.63) is 0 Å². The highest BCUT2D eigenvalue weighted by atomic mass is 16.6. The Kier molecular flexibility index (Phi) is 9.35. The molecule has 0 radical (unpaired) electrons. The van der Waals surface area contributed by atoms with Gasteiger partial charge in [-0.25, -0.2) is 0 Å². The van der Waals surface area contributed by atoms with Gasteiger partial charge >= 0.3 is 0 Å². The zero-order valence-electron chi connectivity index (χ0n) is 9.91. The Morgan fingerprint density at radius 3 is 2.29 bits per heavy atom. The van der Waals surface area contributed by atoms with Crippen LogP contribution in [-0.4, -0.2) is 39.6 Å². The molecule has 86 valence electrons. The maximum Gasteiger partial charge on any atom is 0.104 e. The Hall–Kier alpha value is -0.120. The summed E-state index contributed by atoms with van der Waals surface area (Å²) in [6.45, 7) is 9.17. The SMILES string of the molecule is CCCOC(COC)COCC(C)C. The molecule has 1 atom stereocenters. The fraction of sp³-hybridized carbons (Fsp3) is 1.00. The van der Waals surface area contributed by atoms with Crippen LogP contribution in [0.3, 0.4) is 0 Å². The van der Waals surface area contributed by atoms with E-state index in [1.54, 1.807) is 7.11 Å². The third-order valence-electron chi connectivity index (χ3n) is 1.67. The van der Waals surface area contributed by atoms with Crippen LogP contribution >= 0.6 is 0 Å². The summed E-state index contributed by atoms with van der Waals surface area (Å²) < 4.78 is 16.1. The Morgan fingerprint density at radius 1 is 1.07 bits per heavy atom. The molecule has 0 aliphatic rings. The Balaban J connectivity index is 3.50. The van der Waals surface area contributed by atoms with Crippen LogP contribution < -0.4 is 0 Å². The normalized spacial score (nSPS) is 13.5. The molecule has 0 amide bonds. The monoisotopic (exact) mass is 204 g/mol. The van der Waals surface area contributed by atoms with E-state index in [4.69, 9.17) is 14.2 Å². The lowest BCUT2D eigenvalue weighted by atomic mass is 10.2. The standard InChI is InChI=1S/C11H24O3/c1-5-6-14-11(8-12-4)9-13-7-10(2)3/h10-11H,5-9H2,1-4H3.